The van der Waals surface area contributed by atoms with Gasteiger partial charge < -0.3 is 5.32 Å². The summed E-state index contributed by atoms with van der Waals surface area (Å²) in [4.78, 5) is 26.2. The number of hydrogen-bond donors (Lipinski definition) is 2. The Kier molecular flexibility index (Phi) is 6.92. The van der Waals surface area contributed by atoms with E-state index in [1.54, 1.807) is 0 Å². The van der Waals surface area contributed by atoms with Crippen molar-refractivity contribution in [2.75, 3.05) is 14.1 Å². The van der Waals surface area contributed by atoms with Gasteiger partial charge in [-0.1, -0.05) is 68.4 Å². The second-order valence-corrected chi connectivity index (χ2v) is 6.69. The Morgan fingerprint density at radius 2 is 1.58 bits per heavy atom. The van der Waals surface area contributed by atoms with Gasteiger partial charge in [-0.15, -0.1) is 0 Å². The maximum atomic E-state index is 12.7. The zero-order valence-electron chi connectivity index (χ0n) is 15.8. The largest absolute Gasteiger partial charge is 0.341 e. The lowest BCUT2D eigenvalue weighted by molar-refractivity contribution is -0.125. The Hall–Kier alpha value is -2.66. The Bertz CT molecular complexity index is 727. The molecule has 0 spiro atoms. The molecule has 0 saturated carbocycles. The molecular weight excluding hydrogens is 326 g/mol. The van der Waals surface area contributed by atoms with Gasteiger partial charge in [-0.25, -0.2) is 4.79 Å². The van der Waals surface area contributed by atoms with Crippen LogP contribution in [0.25, 0.3) is 0 Å². The average molecular weight is 353 g/mol. The van der Waals surface area contributed by atoms with Gasteiger partial charge in [-0.05, 0) is 29.7 Å². The van der Waals surface area contributed by atoms with Crippen LogP contribution >= 0.6 is 0 Å². The maximum absolute atomic E-state index is 12.7. The molecule has 2 N–H and O–H groups in total. The molecule has 138 valence electrons. The number of carbonyl (C=O) groups is 2. The van der Waals surface area contributed by atoms with Crippen molar-refractivity contribution in [1.82, 2.24) is 15.5 Å². The Balaban J connectivity index is 2.21. The maximum Gasteiger partial charge on any atom is 0.321 e. The minimum atomic E-state index is -0.557. The van der Waals surface area contributed by atoms with Gasteiger partial charge in [0.25, 0.3) is 0 Å². The summed E-state index contributed by atoms with van der Waals surface area (Å²) < 4.78 is 0. The van der Waals surface area contributed by atoms with Crippen molar-refractivity contribution in [2.24, 2.45) is 0 Å². The molecule has 0 unspecified atom stereocenters. The summed E-state index contributed by atoms with van der Waals surface area (Å²) >= 11 is 0. The zero-order valence-corrected chi connectivity index (χ0v) is 15.8. The van der Waals surface area contributed by atoms with Crippen molar-refractivity contribution < 1.29 is 9.59 Å². The predicted molar refractivity (Wildman–Crippen MR) is 104 cm³/mol. The number of nitrogens with zero attached hydrogens (tertiary/aromatic N) is 1. The minimum Gasteiger partial charge on any atom is -0.341 e. The summed E-state index contributed by atoms with van der Waals surface area (Å²) in [6.07, 6.45) is 0. The highest BCUT2D eigenvalue weighted by Crippen LogP contribution is 2.22. The van der Waals surface area contributed by atoms with Gasteiger partial charge in [-0.3, -0.25) is 15.0 Å². The number of amides is 3. The van der Waals surface area contributed by atoms with Gasteiger partial charge in [0.05, 0.1) is 0 Å². The van der Waals surface area contributed by atoms with Crippen molar-refractivity contribution in [1.29, 1.82) is 0 Å². The van der Waals surface area contributed by atoms with Crippen LogP contribution in [-0.2, 0) is 11.3 Å². The van der Waals surface area contributed by atoms with E-state index in [4.69, 9.17) is 0 Å². The first kappa shape index (κ1) is 19.7. The van der Waals surface area contributed by atoms with E-state index in [9.17, 15) is 9.59 Å². The number of urea groups is 1. The van der Waals surface area contributed by atoms with Gasteiger partial charge in [0.2, 0.25) is 5.91 Å². The third-order valence-electron chi connectivity index (χ3n) is 4.35. The second-order valence-electron chi connectivity index (χ2n) is 6.69. The predicted octanol–water partition coefficient (Wildman–Crippen LogP) is 3.44. The molecule has 1 atom stereocenters. The molecule has 0 bridgehead atoms. The molecule has 2 aromatic carbocycles. The van der Waals surface area contributed by atoms with E-state index in [1.807, 2.05) is 42.3 Å². The molecular formula is C21H27N3O2. The van der Waals surface area contributed by atoms with E-state index in [2.05, 4.69) is 48.7 Å². The molecule has 0 aromatic heterocycles. The molecule has 26 heavy (non-hydrogen) atoms. The van der Waals surface area contributed by atoms with Crippen LogP contribution in [0.1, 0.15) is 42.5 Å². The molecule has 0 aliphatic rings. The molecule has 2 rings (SSSR count). The van der Waals surface area contributed by atoms with Crippen LogP contribution in [0.3, 0.4) is 0 Å². The summed E-state index contributed by atoms with van der Waals surface area (Å²) in [6, 6.07) is 16.8. The minimum absolute atomic E-state index is 0.350. The topological polar surface area (TPSA) is 61.4 Å². The van der Waals surface area contributed by atoms with Gasteiger partial charge in [0, 0.05) is 13.6 Å². The molecule has 0 fully saturated rings. The first-order valence-electron chi connectivity index (χ1n) is 8.79. The van der Waals surface area contributed by atoms with Gasteiger partial charge >= 0.3 is 6.03 Å². The third kappa shape index (κ3) is 5.17. The number of rotatable bonds is 6. The fourth-order valence-corrected chi connectivity index (χ4v) is 2.87. The van der Waals surface area contributed by atoms with Gasteiger partial charge in [-0.2, -0.15) is 0 Å². The van der Waals surface area contributed by atoms with Gasteiger partial charge in [0.15, 0.2) is 0 Å². The summed E-state index contributed by atoms with van der Waals surface area (Å²) in [5.41, 5.74) is 3.24. The van der Waals surface area contributed by atoms with Crippen LogP contribution in [0, 0.1) is 0 Å². The SMILES string of the molecule is CNC(=O)NC(=O)[C@H](c1ccccc1)N(C)Cc1ccc(C(C)C)cc1. The smallest absolute Gasteiger partial charge is 0.321 e. The van der Waals surface area contributed by atoms with Crippen LogP contribution in [0.4, 0.5) is 4.79 Å². The monoisotopic (exact) mass is 353 g/mol. The summed E-state index contributed by atoms with van der Waals surface area (Å²) in [6.45, 7) is 4.92. The number of nitrogens with one attached hydrogen (secondary N) is 2. The highest BCUT2D eigenvalue weighted by atomic mass is 16.2. The molecule has 0 heterocycles. The van der Waals surface area contributed by atoms with Crippen LogP contribution in [0.2, 0.25) is 0 Å². The molecule has 0 saturated heterocycles. The lowest BCUT2D eigenvalue weighted by Gasteiger charge is -2.27. The number of benzene rings is 2. The Labute approximate surface area is 155 Å². The first-order valence-corrected chi connectivity index (χ1v) is 8.79. The second kappa shape index (κ2) is 9.15. The number of likely N-dealkylation sites (N-methyl/N-ethyl adjacent to an activating group) is 1. The van der Waals surface area contributed by atoms with Crippen LogP contribution in [-0.4, -0.2) is 30.9 Å². The molecule has 0 aliphatic carbocycles. The van der Waals surface area contributed by atoms with Crippen molar-refractivity contribution in [3.8, 4) is 0 Å². The quantitative estimate of drug-likeness (QED) is 0.836. The van der Waals surface area contributed by atoms with E-state index < -0.39 is 12.1 Å². The van der Waals surface area contributed by atoms with E-state index >= 15 is 0 Å². The third-order valence-corrected chi connectivity index (χ3v) is 4.35. The molecule has 0 radical (unpaired) electrons. The fraction of sp³-hybridized carbons (Fsp3) is 0.333. The summed E-state index contributed by atoms with van der Waals surface area (Å²) in [5.74, 6) is 0.133. The summed E-state index contributed by atoms with van der Waals surface area (Å²) in [5, 5.41) is 4.81. The highest BCUT2D eigenvalue weighted by molar-refractivity contribution is 5.97. The van der Waals surface area contributed by atoms with E-state index in [-0.39, 0.29) is 5.91 Å². The van der Waals surface area contributed by atoms with Crippen molar-refractivity contribution in [2.45, 2.75) is 32.4 Å². The Morgan fingerprint density at radius 3 is 2.12 bits per heavy atom. The molecule has 5 heteroatoms. The van der Waals surface area contributed by atoms with E-state index in [0.29, 0.717) is 12.5 Å². The Morgan fingerprint density at radius 1 is 0.962 bits per heavy atom. The molecule has 3 amide bonds. The first-order chi connectivity index (χ1) is 12.4. The number of imide groups is 1. The van der Waals surface area contributed by atoms with Crippen LogP contribution in [0.5, 0.6) is 0 Å². The van der Waals surface area contributed by atoms with Crippen LogP contribution < -0.4 is 10.6 Å². The molecule has 2 aromatic rings. The fourth-order valence-electron chi connectivity index (χ4n) is 2.87. The zero-order chi connectivity index (χ0) is 19.1. The van der Waals surface area contributed by atoms with E-state index in [0.717, 1.165) is 11.1 Å². The normalized spacial score (nSPS) is 12.1. The molecule has 0 aliphatic heterocycles. The van der Waals surface area contributed by atoms with E-state index in [1.165, 1.54) is 12.6 Å². The summed E-state index contributed by atoms with van der Waals surface area (Å²) in [7, 11) is 3.37. The highest BCUT2D eigenvalue weighted by Gasteiger charge is 2.26. The number of hydrogen-bond acceptors (Lipinski definition) is 3. The standard InChI is InChI=1S/C21H27N3O2/c1-15(2)17-12-10-16(11-13-17)14-24(4)19(18-8-6-5-7-9-18)20(25)23-21(26)22-3/h5-13,15,19H,14H2,1-4H3,(H2,22,23,25,26)/t19-/m0/s1. The van der Waals surface area contributed by atoms with Crippen molar-refractivity contribution >= 4 is 11.9 Å². The molecule has 5 nitrogen and oxygen atoms in total. The van der Waals surface area contributed by atoms with Gasteiger partial charge in [0.1, 0.15) is 6.04 Å². The lowest BCUT2D eigenvalue weighted by atomic mass is 10.0. The average Bonchev–Trinajstić information content (AvgIpc) is 2.63. The van der Waals surface area contributed by atoms with Crippen molar-refractivity contribution in [3.05, 3.63) is 71.3 Å². The van der Waals surface area contributed by atoms with Crippen molar-refractivity contribution in [3.63, 3.8) is 0 Å². The van der Waals surface area contributed by atoms with Crippen LogP contribution in [0.15, 0.2) is 54.6 Å². The lowest BCUT2D eigenvalue weighted by Crippen LogP contribution is -2.44. The number of carbonyl (C=O) groups excluding carboxylic acids is 2.